The number of para-hydroxylation sites is 1. The molecule has 4 rings (SSSR count). The number of halogens is 1. The van der Waals surface area contributed by atoms with Crippen molar-refractivity contribution in [1.82, 2.24) is 5.32 Å². The normalized spacial score (nSPS) is 23.2. The van der Waals surface area contributed by atoms with Crippen molar-refractivity contribution in [2.75, 3.05) is 18.5 Å². The number of hydrogen-bond acceptors (Lipinski definition) is 3. The van der Waals surface area contributed by atoms with E-state index in [-0.39, 0.29) is 35.6 Å². The lowest BCUT2D eigenvalue weighted by atomic mass is 10.1. The van der Waals surface area contributed by atoms with Crippen LogP contribution in [0.5, 0.6) is 0 Å². The summed E-state index contributed by atoms with van der Waals surface area (Å²) in [4.78, 5) is 25.2. The van der Waals surface area contributed by atoms with Gasteiger partial charge in [0, 0.05) is 19.1 Å². The predicted molar refractivity (Wildman–Crippen MR) is 104 cm³/mol. The molecule has 0 radical (unpaired) electrons. The highest BCUT2D eigenvalue weighted by atomic mass is 19.1. The molecule has 2 aromatic rings. The third kappa shape index (κ3) is 4.07. The van der Waals surface area contributed by atoms with Gasteiger partial charge >= 0.3 is 0 Å². The number of hydrogen-bond donors (Lipinski definition) is 2. The summed E-state index contributed by atoms with van der Waals surface area (Å²) in [6.07, 6.45) is 2.62. The van der Waals surface area contributed by atoms with E-state index in [9.17, 15) is 14.0 Å². The highest BCUT2D eigenvalue weighted by Crippen LogP contribution is 2.48. The minimum atomic E-state index is -0.281. The maximum Gasteiger partial charge on any atom is 0.253 e. The number of carbonyl (C=O) groups excluding carboxylic acids is 2. The summed E-state index contributed by atoms with van der Waals surface area (Å²) in [7, 11) is 0. The zero-order chi connectivity index (χ0) is 19.5. The molecule has 2 aromatic carbocycles. The smallest absolute Gasteiger partial charge is 0.253 e. The molecule has 0 spiro atoms. The number of benzene rings is 2. The van der Waals surface area contributed by atoms with Gasteiger partial charge in [0.15, 0.2) is 0 Å². The molecular formula is C22H23FN2O3. The number of ether oxygens (including phenoxy) is 1. The standard InChI is InChI=1S/C22H23FN2O3/c23-19-9-3-1-7-15(19)17-12-18(17)22(27)25-20-10-4-2-8-16(20)21(26)24-13-14-6-5-11-28-14/h1-4,7-10,14,17-18H,5-6,11-13H2,(H,24,26)(H,25,27). The Morgan fingerprint density at radius 3 is 2.68 bits per heavy atom. The maximum absolute atomic E-state index is 13.9. The van der Waals surface area contributed by atoms with Crippen LogP contribution in [-0.4, -0.2) is 31.1 Å². The monoisotopic (exact) mass is 382 g/mol. The largest absolute Gasteiger partial charge is 0.376 e. The van der Waals surface area contributed by atoms with Crippen LogP contribution < -0.4 is 10.6 Å². The topological polar surface area (TPSA) is 67.4 Å². The Kier molecular flexibility index (Phi) is 5.39. The molecule has 1 saturated heterocycles. The first-order valence-electron chi connectivity index (χ1n) is 9.67. The van der Waals surface area contributed by atoms with Crippen molar-refractivity contribution in [2.45, 2.75) is 31.3 Å². The minimum Gasteiger partial charge on any atom is -0.376 e. The third-order valence-corrected chi connectivity index (χ3v) is 5.38. The summed E-state index contributed by atoms with van der Waals surface area (Å²) in [5, 5.41) is 5.72. The molecule has 1 heterocycles. The highest BCUT2D eigenvalue weighted by molar-refractivity contribution is 6.04. The minimum absolute atomic E-state index is 0.0543. The lowest BCUT2D eigenvalue weighted by molar-refractivity contribution is -0.117. The van der Waals surface area contributed by atoms with Crippen molar-refractivity contribution in [2.24, 2.45) is 5.92 Å². The molecule has 3 atom stereocenters. The van der Waals surface area contributed by atoms with Crippen LogP contribution >= 0.6 is 0 Å². The van der Waals surface area contributed by atoms with E-state index < -0.39 is 0 Å². The zero-order valence-electron chi connectivity index (χ0n) is 15.5. The number of carbonyl (C=O) groups is 2. The van der Waals surface area contributed by atoms with Crippen LogP contribution in [0.2, 0.25) is 0 Å². The molecule has 2 N–H and O–H groups in total. The first-order chi connectivity index (χ1) is 13.6. The Morgan fingerprint density at radius 2 is 1.89 bits per heavy atom. The Bertz CT molecular complexity index is 880. The summed E-state index contributed by atoms with van der Waals surface area (Å²) in [6, 6.07) is 13.5. The van der Waals surface area contributed by atoms with Crippen molar-refractivity contribution < 1.29 is 18.7 Å². The van der Waals surface area contributed by atoms with Gasteiger partial charge in [0.2, 0.25) is 5.91 Å². The van der Waals surface area contributed by atoms with Gasteiger partial charge in [-0.15, -0.1) is 0 Å². The molecule has 2 aliphatic rings. The van der Waals surface area contributed by atoms with E-state index in [1.165, 1.54) is 6.07 Å². The summed E-state index contributed by atoms with van der Waals surface area (Å²) >= 11 is 0. The second-order valence-electron chi connectivity index (χ2n) is 7.35. The average molecular weight is 382 g/mol. The lowest BCUT2D eigenvalue weighted by Crippen LogP contribution is -2.32. The van der Waals surface area contributed by atoms with Gasteiger partial charge in [-0.2, -0.15) is 0 Å². The number of anilines is 1. The van der Waals surface area contributed by atoms with Gasteiger partial charge < -0.3 is 15.4 Å². The first-order valence-corrected chi connectivity index (χ1v) is 9.67. The van der Waals surface area contributed by atoms with Gasteiger partial charge in [0.25, 0.3) is 5.91 Å². The molecule has 2 amide bonds. The summed E-state index contributed by atoms with van der Waals surface area (Å²) in [5.41, 5.74) is 1.46. The van der Waals surface area contributed by atoms with Gasteiger partial charge in [-0.25, -0.2) is 4.39 Å². The molecule has 146 valence electrons. The van der Waals surface area contributed by atoms with Crippen molar-refractivity contribution in [1.29, 1.82) is 0 Å². The van der Waals surface area contributed by atoms with E-state index in [0.717, 1.165) is 19.4 Å². The fourth-order valence-corrected chi connectivity index (χ4v) is 3.73. The van der Waals surface area contributed by atoms with Gasteiger partial charge in [-0.1, -0.05) is 30.3 Å². The number of rotatable bonds is 6. The molecule has 3 unspecified atom stereocenters. The average Bonchev–Trinajstić information content (AvgIpc) is 3.33. The summed E-state index contributed by atoms with van der Waals surface area (Å²) < 4.78 is 19.5. The Morgan fingerprint density at radius 1 is 1.11 bits per heavy atom. The summed E-state index contributed by atoms with van der Waals surface area (Å²) in [5.74, 6) is -1.10. The van der Waals surface area contributed by atoms with Gasteiger partial charge in [-0.05, 0) is 48.9 Å². The van der Waals surface area contributed by atoms with Crippen LogP contribution in [0.3, 0.4) is 0 Å². The Labute approximate surface area is 163 Å². The van der Waals surface area contributed by atoms with E-state index in [0.29, 0.717) is 29.8 Å². The van der Waals surface area contributed by atoms with Crippen LogP contribution in [0, 0.1) is 11.7 Å². The molecule has 0 bridgehead atoms. The van der Waals surface area contributed by atoms with E-state index in [1.54, 1.807) is 42.5 Å². The Hall–Kier alpha value is -2.73. The quantitative estimate of drug-likeness (QED) is 0.804. The van der Waals surface area contributed by atoms with E-state index >= 15 is 0 Å². The molecule has 2 fully saturated rings. The zero-order valence-corrected chi connectivity index (χ0v) is 15.5. The maximum atomic E-state index is 13.9. The fraction of sp³-hybridized carbons (Fsp3) is 0.364. The molecular weight excluding hydrogens is 359 g/mol. The molecule has 1 aliphatic heterocycles. The number of nitrogens with one attached hydrogen (secondary N) is 2. The van der Waals surface area contributed by atoms with E-state index in [4.69, 9.17) is 4.74 Å². The van der Waals surface area contributed by atoms with Crippen molar-refractivity contribution in [3.63, 3.8) is 0 Å². The van der Waals surface area contributed by atoms with Crippen LogP contribution in [-0.2, 0) is 9.53 Å². The van der Waals surface area contributed by atoms with Crippen molar-refractivity contribution in [3.8, 4) is 0 Å². The molecule has 1 aliphatic carbocycles. The molecule has 0 aromatic heterocycles. The van der Waals surface area contributed by atoms with Crippen LogP contribution in [0.4, 0.5) is 10.1 Å². The predicted octanol–water partition coefficient (Wildman–Crippen LogP) is 3.48. The fourth-order valence-electron chi connectivity index (χ4n) is 3.73. The molecule has 5 nitrogen and oxygen atoms in total. The van der Waals surface area contributed by atoms with Crippen LogP contribution in [0.1, 0.15) is 41.1 Å². The number of amides is 2. The van der Waals surface area contributed by atoms with Crippen LogP contribution in [0.25, 0.3) is 0 Å². The molecule has 6 heteroatoms. The van der Waals surface area contributed by atoms with Gasteiger partial charge in [0.05, 0.1) is 17.4 Å². The van der Waals surface area contributed by atoms with Gasteiger partial charge in [0.1, 0.15) is 5.82 Å². The molecule has 28 heavy (non-hydrogen) atoms. The second kappa shape index (κ2) is 8.10. The summed E-state index contributed by atoms with van der Waals surface area (Å²) in [6.45, 7) is 1.19. The van der Waals surface area contributed by atoms with E-state index in [1.807, 2.05) is 0 Å². The second-order valence-corrected chi connectivity index (χ2v) is 7.35. The highest BCUT2D eigenvalue weighted by Gasteiger charge is 2.45. The van der Waals surface area contributed by atoms with Crippen LogP contribution in [0.15, 0.2) is 48.5 Å². The van der Waals surface area contributed by atoms with Gasteiger partial charge in [-0.3, -0.25) is 9.59 Å². The molecule has 1 saturated carbocycles. The lowest BCUT2D eigenvalue weighted by Gasteiger charge is -2.14. The SMILES string of the molecule is O=C(NCC1CCCO1)c1ccccc1NC(=O)C1CC1c1ccccc1F. The first kappa shape index (κ1) is 18.6. The Balaban J connectivity index is 1.39. The van der Waals surface area contributed by atoms with Crippen molar-refractivity contribution >= 4 is 17.5 Å². The van der Waals surface area contributed by atoms with Crippen molar-refractivity contribution in [3.05, 3.63) is 65.5 Å². The third-order valence-electron chi connectivity index (χ3n) is 5.38. The van der Waals surface area contributed by atoms with E-state index in [2.05, 4.69) is 10.6 Å².